The Kier molecular flexibility index (Phi) is 4.23. The predicted molar refractivity (Wildman–Crippen MR) is 67.1 cm³/mol. The highest BCUT2D eigenvalue weighted by molar-refractivity contribution is 6.05. The van der Waals surface area contributed by atoms with Gasteiger partial charge in [0.15, 0.2) is 0 Å². The zero-order valence-electron chi connectivity index (χ0n) is 10.1. The van der Waals surface area contributed by atoms with E-state index in [1.54, 1.807) is 13.1 Å². The summed E-state index contributed by atoms with van der Waals surface area (Å²) in [5.74, 6) is -0.383. The largest absolute Gasteiger partial charge is 0.366 e. The van der Waals surface area contributed by atoms with Crippen molar-refractivity contribution < 1.29 is 4.79 Å². The first-order chi connectivity index (χ1) is 7.61. The average molecular weight is 218 g/mol. The quantitative estimate of drug-likeness (QED) is 0.775. The van der Waals surface area contributed by atoms with Gasteiger partial charge >= 0.3 is 0 Å². The maximum absolute atomic E-state index is 11.2. The highest BCUT2D eigenvalue weighted by Gasteiger charge is 2.11. The van der Waals surface area contributed by atoms with Gasteiger partial charge in [-0.3, -0.25) is 9.79 Å². The molecule has 16 heavy (non-hydrogen) atoms. The summed E-state index contributed by atoms with van der Waals surface area (Å²) in [5.41, 5.74) is 8.88. The molecule has 0 spiro atoms. The van der Waals surface area contributed by atoms with Gasteiger partial charge in [0.05, 0.1) is 0 Å². The van der Waals surface area contributed by atoms with Crippen molar-refractivity contribution in [2.45, 2.75) is 26.7 Å². The van der Waals surface area contributed by atoms with Gasteiger partial charge in [-0.15, -0.1) is 0 Å². The third-order valence-corrected chi connectivity index (χ3v) is 2.67. The van der Waals surface area contributed by atoms with E-state index < -0.39 is 0 Å². The molecule has 1 rings (SSSR count). The lowest BCUT2D eigenvalue weighted by molar-refractivity contribution is 0.0999. The minimum absolute atomic E-state index is 0.383. The summed E-state index contributed by atoms with van der Waals surface area (Å²) in [6.07, 6.45) is 1.95. The number of aliphatic imine (C=N–C) groups is 1. The van der Waals surface area contributed by atoms with Crippen LogP contribution in [0.3, 0.4) is 0 Å². The smallest absolute Gasteiger partial charge is 0.248 e. The van der Waals surface area contributed by atoms with Gasteiger partial charge in [-0.2, -0.15) is 0 Å². The number of benzene rings is 1. The highest BCUT2D eigenvalue weighted by Crippen LogP contribution is 2.16. The normalized spacial score (nSPS) is 11.6. The van der Waals surface area contributed by atoms with Crippen LogP contribution < -0.4 is 5.73 Å². The van der Waals surface area contributed by atoms with E-state index in [2.05, 4.69) is 11.9 Å². The number of nitrogens with zero attached hydrogens (tertiary/aromatic N) is 1. The maximum Gasteiger partial charge on any atom is 0.248 e. The molecule has 0 aromatic heterocycles. The molecule has 0 fully saturated rings. The Hall–Kier alpha value is -1.64. The van der Waals surface area contributed by atoms with Crippen molar-refractivity contribution in [1.82, 2.24) is 0 Å². The Bertz CT molecular complexity index is 422. The fourth-order valence-corrected chi connectivity index (χ4v) is 1.82. The Morgan fingerprint density at radius 2 is 2.00 bits per heavy atom. The molecule has 0 saturated heterocycles. The zero-order valence-corrected chi connectivity index (χ0v) is 10.1. The monoisotopic (exact) mass is 218 g/mol. The fraction of sp³-hybridized carbons (Fsp3) is 0.385. The van der Waals surface area contributed by atoms with E-state index in [-0.39, 0.29) is 5.91 Å². The van der Waals surface area contributed by atoms with Crippen molar-refractivity contribution in [2.75, 3.05) is 7.05 Å². The summed E-state index contributed by atoms with van der Waals surface area (Å²) in [7, 11) is 1.78. The lowest BCUT2D eigenvalue weighted by Crippen LogP contribution is -2.15. The summed E-state index contributed by atoms with van der Waals surface area (Å²) in [6.45, 7) is 4.02. The molecule has 3 heteroatoms. The van der Waals surface area contributed by atoms with Crippen molar-refractivity contribution in [3.05, 3.63) is 34.9 Å². The van der Waals surface area contributed by atoms with Crippen molar-refractivity contribution in [3.63, 3.8) is 0 Å². The van der Waals surface area contributed by atoms with E-state index >= 15 is 0 Å². The van der Waals surface area contributed by atoms with Crippen molar-refractivity contribution in [2.24, 2.45) is 10.7 Å². The van der Waals surface area contributed by atoms with Crippen LogP contribution >= 0.6 is 0 Å². The molecule has 0 saturated carbocycles. The first-order valence-corrected chi connectivity index (χ1v) is 5.47. The molecule has 0 radical (unpaired) electrons. The predicted octanol–water partition coefficient (Wildman–Crippen LogP) is 2.31. The van der Waals surface area contributed by atoms with E-state index in [9.17, 15) is 4.79 Å². The van der Waals surface area contributed by atoms with Gasteiger partial charge in [0.25, 0.3) is 0 Å². The van der Waals surface area contributed by atoms with Gasteiger partial charge in [-0.1, -0.05) is 25.5 Å². The molecule has 0 bridgehead atoms. The number of hydrogen-bond donors (Lipinski definition) is 1. The summed E-state index contributed by atoms with van der Waals surface area (Å²) < 4.78 is 0. The highest BCUT2D eigenvalue weighted by atomic mass is 16.1. The molecule has 0 aliphatic heterocycles. The number of hydrogen-bond acceptors (Lipinski definition) is 2. The van der Waals surface area contributed by atoms with E-state index in [4.69, 9.17) is 5.73 Å². The first kappa shape index (κ1) is 12.4. The molecule has 3 nitrogen and oxygen atoms in total. The van der Waals surface area contributed by atoms with Crippen LogP contribution in [0.2, 0.25) is 0 Å². The SMILES string of the molecule is CCCC(=NC)c1cccc(C(N)=O)c1C. The fourth-order valence-electron chi connectivity index (χ4n) is 1.82. The van der Waals surface area contributed by atoms with E-state index in [0.717, 1.165) is 29.7 Å². The van der Waals surface area contributed by atoms with Gasteiger partial charge in [-0.25, -0.2) is 0 Å². The standard InChI is InChI=1S/C13H18N2O/c1-4-6-12(15-3)10-7-5-8-11(9(10)2)13(14)16/h5,7-8H,4,6H2,1-3H3,(H2,14,16). The summed E-state index contributed by atoms with van der Waals surface area (Å²) >= 11 is 0. The van der Waals surface area contributed by atoms with Gasteiger partial charge in [0.2, 0.25) is 5.91 Å². The van der Waals surface area contributed by atoms with E-state index in [1.165, 1.54) is 0 Å². The second-order valence-electron chi connectivity index (χ2n) is 3.76. The molecule has 2 N–H and O–H groups in total. The molecule has 1 amide bonds. The average Bonchev–Trinajstić information content (AvgIpc) is 2.26. The molecule has 0 aliphatic rings. The van der Waals surface area contributed by atoms with Crippen LogP contribution in [-0.4, -0.2) is 18.7 Å². The molecule has 0 heterocycles. The summed E-state index contributed by atoms with van der Waals surface area (Å²) in [4.78, 5) is 15.5. The molecule has 0 aliphatic carbocycles. The molecule has 1 aromatic rings. The maximum atomic E-state index is 11.2. The van der Waals surface area contributed by atoms with Gasteiger partial charge in [0.1, 0.15) is 0 Å². The van der Waals surface area contributed by atoms with Crippen molar-refractivity contribution in [1.29, 1.82) is 0 Å². The molecule has 1 aromatic carbocycles. The summed E-state index contributed by atoms with van der Waals surface area (Å²) in [5, 5.41) is 0. The number of carbonyl (C=O) groups excluding carboxylic acids is 1. The number of primary amides is 1. The lowest BCUT2D eigenvalue weighted by atomic mass is 9.96. The Balaban J connectivity index is 3.24. The molecular weight excluding hydrogens is 200 g/mol. The molecule has 0 unspecified atom stereocenters. The first-order valence-electron chi connectivity index (χ1n) is 5.47. The third-order valence-electron chi connectivity index (χ3n) is 2.67. The van der Waals surface area contributed by atoms with E-state index in [0.29, 0.717) is 5.56 Å². The van der Waals surface area contributed by atoms with Crippen LogP contribution in [0, 0.1) is 6.92 Å². The molecule has 86 valence electrons. The summed E-state index contributed by atoms with van der Waals surface area (Å²) in [6, 6.07) is 5.59. The minimum Gasteiger partial charge on any atom is -0.366 e. The Labute approximate surface area is 96.4 Å². The second kappa shape index (κ2) is 5.45. The third kappa shape index (κ3) is 2.48. The van der Waals surface area contributed by atoms with Gasteiger partial charge in [-0.05, 0) is 30.5 Å². The van der Waals surface area contributed by atoms with E-state index in [1.807, 2.05) is 19.1 Å². The van der Waals surface area contributed by atoms with Crippen molar-refractivity contribution >= 4 is 11.6 Å². The van der Waals surface area contributed by atoms with Crippen LogP contribution in [0.15, 0.2) is 23.2 Å². The van der Waals surface area contributed by atoms with Crippen molar-refractivity contribution in [3.8, 4) is 0 Å². The molecular formula is C13H18N2O. The van der Waals surface area contributed by atoms with Crippen LogP contribution in [-0.2, 0) is 0 Å². The molecule has 0 atom stereocenters. The van der Waals surface area contributed by atoms with Crippen LogP contribution in [0.1, 0.15) is 41.3 Å². The lowest BCUT2D eigenvalue weighted by Gasteiger charge is -2.10. The van der Waals surface area contributed by atoms with Crippen LogP contribution in [0.4, 0.5) is 0 Å². The Morgan fingerprint density at radius 3 is 2.50 bits per heavy atom. The zero-order chi connectivity index (χ0) is 12.1. The second-order valence-corrected chi connectivity index (χ2v) is 3.76. The van der Waals surface area contributed by atoms with Crippen LogP contribution in [0.25, 0.3) is 0 Å². The number of carbonyl (C=O) groups is 1. The van der Waals surface area contributed by atoms with Crippen LogP contribution in [0.5, 0.6) is 0 Å². The number of amides is 1. The topological polar surface area (TPSA) is 55.4 Å². The number of rotatable bonds is 4. The number of nitrogens with two attached hydrogens (primary N) is 1. The van der Waals surface area contributed by atoms with Gasteiger partial charge < -0.3 is 5.73 Å². The minimum atomic E-state index is -0.383. The Morgan fingerprint density at radius 1 is 1.38 bits per heavy atom. The van der Waals surface area contributed by atoms with Gasteiger partial charge in [0, 0.05) is 18.3 Å².